The molecule has 19 heavy (non-hydrogen) atoms. The Labute approximate surface area is 115 Å². The highest BCUT2D eigenvalue weighted by molar-refractivity contribution is 8.00. The van der Waals surface area contributed by atoms with Crippen LogP contribution in [-0.2, 0) is 9.59 Å². The zero-order chi connectivity index (χ0) is 14.3. The molecule has 108 valence electrons. The Bertz CT molecular complexity index is 345. The largest absolute Gasteiger partial charge is 0.480 e. The average molecular weight is 289 g/mol. The Morgan fingerprint density at radius 2 is 1.95 bits per heavy atom. The molecule has 1 atom stereocenters. The molecule has 1 fully saturated rings. The van der Waals surface area contributed by atoms with Gasteiger partial charge in [0.15, 0.2) is 0 Å². The molecule has 0 aromatic carbocycles. The molecular formula is C11H19N3O4S. The Morgan fingerprint density at radius 3 is 2.53 bits per heavy atom. The van der Waals surface area contributed by atoms with Crippen LogP contribution < -0.4 is 16.4 Å². The number of thioether (sulfide) groups is 1. The van der Waals surface area contributed by atoms with E-state index in [1.165, 1.54) is 0 Å². The van der Waals surface area contributed by atoms with E-state index in [4.69, 9.17) is 10.8 Å². The van der Waals surface area contributed by atoms with Gasteiger partial charge < -0.3 is 16.2 Å². The maximum absolute atomic E-state index is 11.4. The van der Waals surface area contributed by atoms with Crippen molar-refractivity contribution in [3.8, 4) is 0 Å². The normalized spacial score (nSPS) is 16.9. The van der Waals surface area contributed by atoms with Crippen molar-refractivity contribution in [2.75, 3.05) is 11.5 Å². The first-order valence-electron chi connectivity index (χ1n) is 6.15. The van der Waals surface area contributed by atoms with E-state index in [2.05, 4.69) is 10.6 Å². The summed E-state index contributed by atoms with van der Waals surface area (Å²) in [6.45, 7) is 0. The van der Waals surface area contributed by atoms with Crippen LogP contribution in [0.1, 0.15) is 25.7 Å². The number of carboxylic acids is 1. The minimum atomic E-state index is -1.10. The van der Waals surface area contributed by atoms with Gasteiger partial charge in [-0.25, -0.2) is 4.79 Å². The smallest absolute Gasteiger partial charge is 0.321 e. The topological polar surface area (TPSA) is 122 Å². The fourth-order valence-electron chi connectivity index (χ4n) is 1.80. The van der Waals surface area contributed by atoms with Crippen LogP contribution >= 0.6 is 11.8 Å². The third-order valence-corrected chi connectivity index (χ3v) is 3.85. The minimum Gasteiger partial charge on any atom is -0.480 e. The van der Waals surface area contributed by atoms with Crippen molar-refractivity contribution in [1.29, 1.82) is 0 Å². The Kier molecular flexibility index (Phi) is 6.65. The average Bonchev–Trinajstić information content (AvgIpc) is 2.81. The molecule has 0 bridgehead atoms. The number of rotatable bonds is 6. The lowest BCUT2D eigenvalue weighted by Crippen LogP contribution is -2.44. The van der Waals surface area contributed by atoms with Gasteiger partial charge in [0.1, 0.15) is 6.04 Å². The molecule has 0 unspecified atom stereocenters. The fraction of sp³-hybridized carbons (Fsp3) is 0.727. The van der Waals surface area contributed by atoms with E-state index in [0.29, 0.717) is 0 Å². The second kappa shape index (κ2) is 8.00. The highest BCUT2D eigenvalue weighted by Crippen LogP contribution is 2.17. The van der Waals surface area contributed by atoms with E-state index < -0.39 is 23.9 Å². The molecule has 1 saturated carbocycles. The maximum Gasteiger partial charge on any atom is 0.321 e. The predicted molar refractivity (Wildman–Crippen MR) is 71.9 cm³/mol. The number of carbonyl (C=O) groups is 3. The van der Waals surface area contributed by atoms with Gasteiger partial charge in [0.05, 0.1) is 5.75 Å². The SMILES string of the molecule is N[C@H](CSCC(=O)NC(=O)NC1CCCC1)C(=O)O. The second-order valence-corrected chi connectivity index (χ2v) is 5.49. The second-order valence-electron chi connectivity index (χ2n) is 4.46. The molecule has 0 aromatic rings. The molecule has 1 aliphatic carbocycles. The first kappa shape index (κ1) is 15.8. The molecular weight excluding hydrogens is 270 g/mol. The number of aliphatic carboxylic acids is 1. The summed E-state index contributed by atoms with van der Waals surface area (Å²) in [5, 5.41) is 13.5. The van der Waals surface area contributed by atoms with Crippen molar-refractivity contribution >= 4 is 29.7 Å². The van der Waals surface area contributed by atoms with Crippen LogP contribution in [0.25, 0.3) is 0 Å². The summed E-state index contributed by atoms with van der Waals surface area (Å²) in [4.78, 5) is 33.3. The number of nitrogens with one attached hydrogen (secondary N) is 2. The van der Waals surface area contributed by atoms with Gasteiger partial charge in [-0.2, -0.15) is 0 Å². The molecule has 0 heterocycles. The number of carbonyl (C=O) groups excluding carboxylic acids is 2. The van der Waals surface area contributed by atoms with E-state index in [1.54, 1.807) is 0 Å². The summed E-state index contributed by atoms with van der Waals surface area (Å²) >= 11 is 1.08. The predicted octanol–water partition coefficient (Wildman–Crippen LogP) is -0.100. The monoisotopic (exact) mass is 289 g/mol. The van der Waals surface area contributed by atoms with Crippen molar-refractivity contribution in [2.24, 2.45) is 5.73 Å². The van der Waals surface area contributed by atoms with Gasteiger partial charge in [-0.15, -0.1) is 11.8 Å². The van der Waals surface area contributed by atoms with E-state index >= 15 is 0 Å². The summed E-state index contributed by atoms with van der Waals surface area (Å²) in [5.74, 6) is -1.41. The fourth-order valence-corrected chi connectivity index (χ4v) is 2.58. The highest BCUT2D eigenvalue weighted by Gasteiger charge is 2.18. The maximum atomic E-state index is 11.4. The van der Waals surface area contributed by atoms with Crippen LogP contribution in [0, 0.1) is 0 Å². The van der Waals surface area contributed by atoms with E-state index in [-0.39, 0.29) is 17.5 Å². The van der Waals surface area contributed by atoms with Crippen molar-refractivity contribution in [3.05, 3.63) is 0 Å². The molecule has 0 saturated heterocycles. The number of nitrogens with two attached hydrogens (primary N) is 1. The lowest BCUT2D eigenvalue weighted by Gasteiger charge is -2.12. The van der Waals surface area contributed by atoms with Crippen LogP contribution in [0.2, 0.25) is 0 Å². The minimum absolute atomic E-state index is 0.0130. The Morgan fingerprint density at radius 1 is 1.32 bits per heavy atom. The van der Waals surface area contributed by atoms with Crippen LogP contribution in [-0.4, -0.2) is 46.6 Å². The number of hydrogen-bond donors (Lipinski definition) is 4. The Balaban J connectivity index is 2.12. The quantitative estimate of drug-likeness (QED) is 0.542. The standard InChI is InChI=1S/C11H19N3O4S/c12-8(10(16)17)5-19-6-9(15)14-11(18)13-7-3-1-2-4-7/h7-8H,1-6,12H2,(H,16,17)(H2,13,14,15,18)/t8-/m1/s1. The molecule has 8 heteroatoms. The number of imide groups is 1. The molecule has 0 aliphatic heterocycles. The highest BCUT2D eigenvalue weighted by atomic mass is 32.2. The lowest BCUT2D eigenvalue weighted by molar-refractivity contribution is -0.138. The van der Waals surface area contributed by atoms with Gasteiger partial charge in [-0.1, -0.05) is 12.8 Å². The number of urea groups is 1. The van der Waals surface area contributed by atoms with Gasteiger partial charge in [0.2, 0.25) is 5.91 Å². The van der Waals surface area contributed by atoms with Gasteiger partial charge in [0.25, 0.3) is 0 Å². The number of hydrogen-bond acceptors (Lipinski definition) is 5. The van der Waals surface area contributed by atoms with Crippen molar-refractivity contribution in [2.45, 2.75) is 37.8 Å². The summed E-state index contributed by atoms with van der Waals surface area (Å²) in [5.41, 5.74) is 5.28. The van der Waals surface area contributed by atoms with E-state index in [1.807, 2.05) is 0 Å². The van der Waals surface area contributed by atoms with Gasteiger partial charge in [-0.3, -0.25) is 14.9 Å². The summed E-state index contributed by atoms with van der Waals surface area (Å²) in [6.07, 6.45) is 4.09. The van der Waals surface area contributed by atoms with Crippen molar-refractivity contribution < 1.29 is 19.5 Å². The first-order chi connectivity index (χ1) is 8.99. The lowest BCUT2D eigenvalue weighted by atomic mass is 10.2. The summed E-state index contributed by atoms with van der Waals surface area (Å²) in [7, 11) is 0. The third-order valence-electron chi connectivity index (χ3n) is 2.79. The van der Waals surface area contributed by atoms with Crippen LogP contribution in [0.3, 0.4) is 0 Å². The molecule has 0 spiro atoms. The van der Waals surface area contributed by atoms with Crippen LogP contribution in [0.4, 0.5) is 4.79 Å². The summed E-state index contributed by atoms with van der Waals surface area (Å²) < 4.78 is 0. The molecule has 0 radical (unpaired) electrons. The van der Waals surface area contributed by atoms with Gasteiger partial charge >= 0.3 is 12.0 Å². The number of amides is 3. The van der Waals surface area contributed by atoms with E-state index in [0.717, 1.165) is 37.4 Å². The zero-order valence-electron chi connectivity index (χ0n) is 10.6. The molecule has 1 aliphatic rings. The summed E-state index contributed by atoms with van der Waals surface area (Å²) in [6, 6.07) is -1.33. The first-order valence-corrected chi connectivity index (χ1v) is 7.31. The van der Waals surface area contributed by atoms with Crippen molar-refractivity contribution in [3.63, 3.8) is 0 Å². The number of carboxylic acid groups (broad SMARTS) is 1. The van der Waals surface area contributed by atoms with Gasteiger partial charge in [-0.05, 0) is 12.8 Å². The molecule has 0 aromatic heterocycles. The molecule has 7 nitrogen and oxygen atoms in total. The molecule has 5 N–H and O–H groups in total. The third kappa shape index (κ3) is 6.44. The van der Waals surface area contributed by atoms with Crippen molar-refractivity contribution in [1.82, 2.24) is 10.6 Å². The Hall–Kier alpha value is -1.28. The van der Waals surface area contributed by atoms with E-state index in [9.17, 15) is 14.4 Å². The van der Waals surface area contributed by atoms with Crippen LogP contribution in [0.5, 0.6) is 0 Å². The van der Waals surface area contributed by atoms with Crippen LogP contribution in [0.15, 0.2) is 0 Å². The molecule has 3 amide bonds. The zero-order valence-corrected chi connectivity index (χ0v) is 11.4. The van der Waals surface area contributed by atoms with Gasteiger partial charge in [0, 0.05) is 11.8 Å². The molecule has 1 rings (SSSR count).